The lowest BCUT2D eigenvalue weighted by Gasteiger charge is -2.37. The third-order valence-corrected chi connectivity index (χ3v) is 4.67. The van der Waals surface area contributed by atoms with Gasteiger partial charge in [-0.2, -0.15) is 0 Å². The lowest BCUT2D eigenvalue weighted by Crippen LogP contribution is -2.50. The molecule has 23 heavy (non-hydrogen) atoms. The molecule has 1 aliphatic rings. The molecule has 4 heteroatoms. The van der Waals surface area contributed by atoms with Crippen molar-refractivity contribution in [2.75, 3.05) is 20.6 Å². The normalized spacial score (nSPS) is 16.9. The molecule has 0 spiro atoms. The summed E-state index contributed by atoms with van der Waals surface area (Å²) in [6.07, 6.45) is 2.88. The van der Waals surface area contributed by atoms with E-state index in [1.165, 1.54) is 16.3 Å². The van der Waals surface area contributed by atoms with Crippen LogP contribution in [0, 0.1) is 0 Å². The molecule has 0 unspecified atom stereocenters. The maximum absolute atomic E-state index is 10.2. The van der Waals surface area contributed by atoms with Gasteiger partial charge in [0.05, 0.1) is 5.60 Å². The lowest BCUT2D eigenvalue weighted by atomic mass is 9.80. The third-order valence-electron chi connectivity index (χ3n) is 4.67. The first kappa shape index (κ1) is 15.8. The monoisotopic (exact) mass is 311 g/mol. The zero-order valence-corrected chi connectivity index (χ0v) is 13.9. The van der Waals surface area contributed by atoms with Crippen molar-refractivity contribution >= 4 is 16.7 Å². The van der Waals surface area contributed by atoms with Crippen LogP contribution in [0.1, 0.15) is 24.8 Å². The highest BCUT2D eigenvalue weighted by molar-refractivity contribution is 5.83. The number of rotatable bonds is 4. The summed E-state index contributed by atoms with van der Waals surface area (Å²) < 4.78 is 0. The van der Waals surface area contributed by atoms with Crippen molar-refractivity contribution in [1.82, 2.24) is 10.2 Å². The van der Waals surface area contributed by atoms with Crippen molar-refractivity contribution in [1.29, 1.82) is 0 Å². The molecule has 2 N–H and O–H groups in total. The van der Waals surface area contributed by atoms with Gasteiger partial charge in [0.15, 0.2) is 5.96 Å². The van der Waals surface area contributed by atoms with E-state index in [-0.39, 0.29) is 0 Å². The summed E-state index contributed by atoms with van der Waals surface area (Å²) >= 11 is 0. The molecule has 0 amide bonds. The summed E-state index contributed by atoms with van der Waals surface area (Å²) in [5.74, 6) is 0.818. The first-order chi connectivity index (χ1) is 11.1. The van der Waals surface area contributed by atoms with Gasteiger partial charge in [-0.05, 0) is 41.7 Å². The molecule has 0 bridgehead atoms. The highest BCUT2D eigenvalue weighted by Gasteiger charge is 2.34. The van der Waals surface area contributed by atoms with Crippen molar-refractivity contribution in [2.24, 2.45) is 4.99 Å². The zero-order chi connectivity index (χ0) is 16.3. The average Bonchev–Trinajstić information content (AvgIpc) is 2.53. The minimum Gasteiger partial charge on any atom is -0.388 e. The van der Waals surface area contributed by atoms with Gasteiger partial charge < -0.3 is 15.3 Å². The number of guanidine groups is 1. The minimum atomic E-state index is -0.542. The number of nitrogens with one attached hydrogen (secondary N) is 1. The Balaban J connectivity index is 1.64. The molecule has 2 aromatic carbocycles. The van der Waals surface area contributed by atoms with E-state index in [0.29, 0.717) is 6.54 Å². The summed E-state index contributed by atoms with van der Waals surface area (Å²) in [4.78, 5) is 6.42. The SMILES string of the molecule is CN=C(NCC1(O)CCC1)N(C)Cc1ccc2ccccc2c1. The predicted octanol–water partition coefficient (Wildman–Crippen LogP) is 2.76. The van der Waals surface area contributed by atoms with Gasteiger partial charge in [0, 0.05) is 27.2 Å². The number of hydrogen-bond donors (Lipinski definition) is 2. The predicted molar refractivity (Wildman–Crippen MR) is 95.6 cm³/mol. The Morgan fingerprint density at radius 3 is 2.61 bits per heavy atom. The van der Waals surface area contributed by atoms with Gasteiger partial charge in [-0.3, -0.25) is 4.99 Å². The van der Waals surface area contributed by atoms with Crippen LogP contribution in [0.25, 0.3) is 10.8 Å². The molecule has 0 saturated heterocycles. The molecule has 1 fully saturated rings. The number of aliphatic imine (C=N–C) groups is 1. The van der Waals surface area contributed by atoms with E-state index in [9.17, 15) is 5.11 Å². The van der Waals surface area contributed by atoms with Gasteiger partial charge in [-0.25, -0.2) is 0 Å². The van der Waals surface area contributed by atoms with Crippen molar-refractivity contribution in [2.45, 2.75) is 31.4 Å². The fourth-order valence-corrected chi connectivity index (χ4v) is 3.08. The number of nitrogens with zero attached hydrogens (tertiary/aromatic N) is 2. The molecule has 0 aromatic heterocycles. The van der Waals surface area contributed by atoms with Crippen LogP contribution in [0.5, 0.6) is 0 Å². The quantitative estimate of drug-likeness (QED) is 0.674. The standard InChI is InChI=1S/C19H25N3O/c1-20-18(21-14-19(23)10-5-11-19)22(2)13-15-8-9-16-6-3-4-7-17(16)12-15/h3-4,6-9,12,23H,5,10-11,13-14H2,1-2H3,(H,20,21). The van der Waals surface area contributed by atoms with Crippen LogP contribution in [0.4, 0.5) is 0 Å². The van der Waals surface area contributed by atoms with Gasteiger partial charge >= 0.3 is 0 Å². The van der Waals surface area contributed by atoms with E-state index in [2.05, 4.69) is 57.7 Å². The summed E-state index contributed by atoms with van der Waals surface area (Å²) in [6, 6.07) is 14.9. The number of hydrogen-bond acceptors (Lipinski definition) is 2. The van der Waals surface area contributed by atoms with Gasteiger partial charge in [0.1, 0.15) is 0 Å². The molecular formula is C19H25N3O. The fraction of sp³-hybridized carbons (Fsp3) is 0.421. The van der Waals surface area contributed by atoms with Crippen molar-refractivity contribution < 1.29 is 5.11 Å². The molecule has 1 aliphatic carbocycles. The van der Waals surface area contributed by atoms with E-state index < -0.39 is 5.60 Å². The van der Waals surface area contributed by atoms with E-state index in [1.54, 1.807) is 7.05 Å². The molecule has 0 heterocycles. The second kappa shape index (κ2) is 6.59. The molecule has 0 aliphatic heterocycles. The summed E-state index contributed by atoms with van der Waals surface area (Å²) in [5, 5.41) is 16.0. The first-order valence-electron chi connectivity index (χ1n) is 8.21. The molecular weight excluding hydrogens is 286 g/mol. The molecule has 122 valence electrons. The fourth-order valence-electron chi connectivity index (χ4n) is 3.08. The van der Waals surface area contributed by atoms with Gasteiger partial charge in [0.2, 0.25) is 0 Å². The summed E-state index contributed by atoms with van der Waals surface area (Å²) in [5.41, 5.74) is 0.705. The van der Waals surface area contributed by atoms with Crippen molar-refractivity contribution in [3.05, 3.63) is 48.0 Å². The Kier molecular flexibility index (Phi) is 4.53. The largest absolute Gasteiger partial charge is 0.388 e. The summed E-state index contributed by atoms with van der Waals surface area (Å²) in [7, 11) is 3.80. The average molecular weight is 311 g/mol. The highest BCUT2D eigenvalue weighted by Crippen LogP contribution is 2.30. The Morgan fingerprint density at radius 1 is 1.22 bits per heavy atom. The first-order valence-corrected chi connectivity index (χ1v) is 8.21. The lowest BCUT2D eigenvalue weighted by molar-refractivity contribution is -0.0282. The number of aliphatic hydroxyl groups is 1. The number of benzene rings is 2. The van der Waals surface area contributed by atoms with Gasteiger partial charge in [0.25, 0.3) is 0 Å². The topological polar surface area (TPSA) is 47.9 Å². The molecule has 0 radical (unpaired) electrons. The van der Waals surface area contributed by atoms with Gasteiger partial charge in [-0.15, -0.1) is 0 Å². The van der Waals surface area contributed by atoms with E-state index in [1.807, 2.05) is 7.05 Å². The zero-order valence-electron chi connectivity index (χ0n) is 13.9. The van der Waals surface area contributed by atoms with Crippen LogP contribution < -0.4 is 5.32 Å². The second-order valence-electron chi connectivity index (χ2n) is 6.52. The van der Waals surface area contributed by atoms with Crippen LogP contribution in [0.15, 0.2) is 47.5 Å². The molecule has 0 atom stereocenters. The van der Waals surface area contributed by atoms with Crippen LogP contribution in [-0.2, 0) is 6.54 Å². The minimum absolute atomic E-state index is 0.542. The van der Waals surface area contributed by atoms with Crippen molar-refractivity contribution in [3.63, 3.8) is 0 Å². The Labute approximate surface area is 137 Å². The Hall–Kier alpha value is -2.07. The Morgan fingerprint density at radius 2 is 1.96 bits per heavy atom. The van der Waals surface area contributed by atoms with Crippen LogP contribution in [0.3, 0.4) is 0 Å². The molecule has 3 rings (SSSR count). The van der Waals surface area contributed by atoms with Gasteiger partial charge in [-0.1, -0.05) is 36.4 Å². The maximum atomic E-state index is 10.2. The highest BCUT2D eigenvalue weighted by atomic mass is 16.3. The van der Waals surface area contributed by atoms with Crippen LogP contribution in [-0.4, -0.2) is 42.2 Å². The third kappa shape index (κ3) is 3.64. The molecule has 2 aromatic rings. The van der Waals surface area contributed by atoms with E-state index in [0.717, 1.165) is 31.8 Å². The molecule has 1 saturated carbocycles. The van der Waals surface area contributed by atoms with Crippen molar-refractivity contribution in [3.8, 4) is 0 Å². The van der Waals surface area contributed by atoms with E-state index in [4.69, 9.17) is 0 Å². The number of fused-ring (bicyclic) bond motifs is 1. The van der Waals surface area contributed by atoms with E-state index >= 15 is 0 Å². The maximum Gasteiger partial charge on any atom is 0.193 e. The molecule has 4 nitrogen and oxygen atoms in total. The van der Waals surface area contributed by atoms with Crippen LogP contribution >= 0.6 is 0 Å². The Bertz CT molecular complexity index is 707. The second-order valence-corrected chi connectivity index (χ2v) is 6.52. The smallest absolute Gasteiger partial charge is 0.193 e. The summed E-state index contributed by atoms with van der Waals surface area (Å²) in [6.45, 7) is 1.35. The van der Waals surface area contributed by atoms with Crippen LogP contribution in [0.2, 0.25) is 0 Å².